The van der Waals surface area contributed by atoms with E-state index in [9.17, 15) is 4.79 Å². The summed E-state index contributed by atoms with van der Waals surface area (Å²) in [6, 6.07) is 11.1. The Labute approximate surface area is 186 Å². The fourth-order valence-electron chi connectivity index (χ4n) is 2.49. The molecule has 29 heavy (non-hydrogen) atoms. The maximum absolute atomic E-state index is 11.9. The molecule has 1 aromatic carbocycles. The number of hydrogen-bond donors (Lipinski definition) is 3. The molecule has 0 aliphatic carbocycles. The van der Waals surface area contributed by atoms with Crippen molar-refractivity contribution in [2.24, 2.45) is 4.99 Å². The first-order valence-corrected chi connectivity index (χ1v) is 8.77. The number of rotatable bonds is 6. The average Bonchev–Trinajstić information content (AvgIpc) is 3.39. The van der Waals surface area contributed by atoms with Crippen molar-refractivity contribution in [3.05, 3.63) is 59.6 Å². The van der Waals surface area contributed by atoms with Crippen LogP contribution in [0, 0.1) is 0 Å². The number of carbonyl (C=O) groups excluding carboxylic acids is 1. The van der Waals surface area contributed by atoms with Gasteiger partial charge in [0.05, 0.1) is 12.8 Å². The first-order chi connectivity index (χ1) is 13.6. The Balaban J connectivity index is 0.00000300. The highest BCUT2D eigenvalue weighted by molar-refractivity contribution is 14.0. The number of carbonyl (C=O) groups is 1. The number of benzene rings is 1. The number of guanidine groups is 1. The molecule has 9 nitrogen and oxygen atoms in total. The standard InChI is InChI=1S/C19H23N7O2.HI/c1-20-19(21-11-13-6-8-14(9-7-13)18(27)26(2)3)22-12-16-23-17(25-24-16)15-5-4-10-28-15;/h4-10H,11-12H2,1-3H3,(H2,20,21,22)(H,23,24,25);1H. The van der Waals surface area contributed by atoms with Crippen molar-refractivity contribution < 1.29 is 9.21 Å². The number of amides is 1. The molecule has 0 unspecified atom stereocenters. The lowest BCUT2D eigenvalue weighted by molar-refractivity contribution is 0.0827. The molecule has 10 heteroatoms. The number of nitrogens with zero attached hydrogens (tertiary/aromatic N) is 4. The van der Waals surface area contributed by atoms with Gasteiger partial charge in [-0.25, -0.2) is 4.98 Å². The van der Waals surface area contributed by atoms with Crippen molar-refractivity contribution in [3.8, 4) is 11.6 Å². The number of furan rings is 1. The van der Waals surface area contributed by atoms with Crippen LogP contribution in [0.1, 0.15) is 21.7 Å². The number of aromatic amines is 1. The Morgan fingerprint density at radius 1 is 1.17 bits per heavy atom. The highest BCUT2D eigenvalue weighted by atomic mass is 127. The number of H-pyrrole nitrogens is 1. The van der Waals surface area contributed by atoms with Crippen LogP contribution in [0.25, 0.3) is 11.6 Å². The van der Waals surface area contributed by atoms with Crippen LogP contribution in [0.5, 0.6) is 0 Å². The van der Waals surface area contributed by atoms with Gasteiger partial charge in [-0.05, 0) is 29.8 Å². The number of aliphatic imine (C=N–C) groups is 1. The fraction of sp³-hybridized carbons (Fsp3) is 0.263. The Bertz CT molecular complexity index is 934. The van der Waals surface area contributed by atoms with Crippen LogP contribution in [0.2, 0.25) is 0 Å². The molecule has 0 bridgehead atoms. The minimum atomic E-state index is -0.0158. The van der Waals surface area contributed by atoms with E-state index in [0.29, 0.717) is 42.0 Å². The number of halogens is 1. The molecule has 0 spiro atoms. The van der Waals surface area contributed by atoms with Crippen molar-refractivity contribution in [3.63, 3.8) is 0 Å². The van der Waals surface area contributed by atoms with Crippen LogP contribution >= 0.6 is 24.0 Å². The molecule has 3 N–H and O–H groups in total. The summed E-state index contributed by atoms with van der Waals surface area (Å²) in [5, 5.41) is 13.4. The molecule has 0 radical (unpaired) electrons. The quantitative estimate of drug-likeness (QED) is 0.267. The highest BCUT2D eigenvalue weighted by Gasteiger charge is 2.09. The van der Waals surface area contributed by atoms with Crippen LogP contribution in [0.15, 0.2) is 52.1 Å². The Kier molecular flexibility index (Phi) is 8.19. The van der Waals surface area contributed by atoms with E-state index >= 15 is 0 Å². The Morgan fingerprint density at radius 2 is 1.90 bits per heavy atom. The van der Waals surface area contributed by atoms with E-state index < -0.39 is 0 Å². The third-order valence-electron chi connectivity index (χ3n) is 3.99. The highest BCUT2D eigenvalue weighted by Crippen LogP contribution is 2.14. The molecule has 0 atom stereocenters. The van der Waals surface area contributed by atoms with Crippen molar-refractivity contribution >= 4 is 35.8 Å². The first-order valence-electron chi connectivity index (χ1n) is 8.77. The van der Waals surface area contributed by atoms with E-state index in [2.05, 4.69) is 30.8 Å². The van der Waals surface area contributed by atoms with Gasteiger partial charge in [0.25, 0.3) is 5.91 Å². The molecule has 3 aromatic rings. The summed E-state index contributed by atoms with van der Waals surface area (Å²) >= 11 is 0. The lowest BCUT2D eigenvalue weighted by atomic mass is 10.1. The summed E-state index contributed by atoms with van der Waals surface area (Å²) in [4.78, 5) is 22.1. The normalized spacial score (nSPS) is 10.9. The zero-order valence-electron chi connectivity index (χ0n) is 16.5. The molecular weight excluding hydrogens is 485 g/mol. The molecule has 0 saturated heterocycles. The zero-order valence-corrected chi connectivity index (χ0v) is 18.8. The number of nitrogens with one attached hydrogen (secondary N) is 3. The third kappa shape index (κ3) is 6.04. The van der Waals surface area contributed by atoms with Crippen LogP contribution in [0.3, 0.4) is 0 Å². The lowest BCUT2D eigenvalue weighted by Gasteiger charge is -2.12. The lowest BCUT2D eigenvalue weighted by Crippen LogP contribution is -2.36. The maximum atomic E-state index is 11.9. The van der Waals surface area contributed by atoms with Gasteiger partial charge in [0.15, 0.2) is 11.7 Å². The Hall–Kier alpha value is -2.89. The van der Waals surface area contributed by atoms with Gasteiger partial charge in [0.2, 0.25) is 5.82 Å². The molecule has 3 rings (SSSR count). The van der Waals surface area contributed by atoms with E-state index in [0.717, 1.165) is 5.56 Å². The first kappa shape index (κ1) is 22.4. The molecule has 154 valence electrons. The second-order valence-electron chi connectivity index (χ2n) is 6.26. The van der Waals surface area contributed by atoms with Gasteiger partial charge in [-0.15, -0.1) is 29.1 Å². The summed E-state index contributed by atoms with van der Waals surface area (Å²) < 4.78 is 5.28. The predicted molar refractivity (Wildman–Crippen MR) is 121 cm³/mol. The van der Waals surface area contributed by atoms with Gasteiger partial charge >= 0.3 is 0 Å². The van der Waals surface area contributed by atoms with Crippen LogP contribution in [0.4, 0.5) is 0 Å². The smallest absolute Gasteiger partial charge is 0.253 e. The summed E-state index contributed by atoms with van der Waals surface area (Å²) in [6.07, 6.45) is 1.58. The topological polar surface area (TPSA) is 111 Å². The van der Waals surface area contributed by atoms with Crippen molar-refractivity contribution in [2.75, 3.05) is 21.1 Å². The Morgan fingerprint density at radius 3 is 2.52 bits per heavy atom. The van der Waals surface area contributed by atoms with Gasteiger partial charge in [-0.1, -0.05) is 12.1 Å². The fourth-order valence-corrected chi connectivity index (χ4v) is 2.49. The van der Waals surface area contributed by atoms with E-state index in [1.807, 2.05) is 24.3 Å². The maximum Gasteiger partial charge on any atom is 0.253 e. The molecule has 0 saturated carbocycles. The van der Waals surface area contributed by atoms with E-state index in [1.165, 1.54) is 0 Å². The van der Waals surface area contributed by atoms with Crippen LogP contribution in [-0.4, -0.2) is 53.1 Å². The third-order valence-corrected chi connectivity index (χ3v) is 3.99. The molecule has 2 heterocycles. The minimum absolute atomic E-state index is 0. The summed E-state index contributed by atoms with van der Waals surface area (Å²) in [6.45, 7) is 1.01. The van der Waals surface area contributed by atoms with Crippen LogP contribution in [-0.2, 0) is 13.1 Å². The largest absolute Gasteiger partial charge is 0.461 e. The molecule has 0 fully saturated rings. The summed E-state index contributed by atoms with van der Waals surface area (Å²) in [7, 11) is 5.17. The molecule has 1 amide bonds. The summed E-state index contributed by atoms with van der Waals surface area (Å²) in [5.74, 6) is 2.40. The summed E-state index contributed by atoms with van der Waals surface area (Å²) in [5.41, 5.74) is 1.70. The van der Waals surface area contributed by atoms with Gasteiger partial charge in [0, 0.05) is 33.3 Å². The van der Waals surface area contributed by atoms with Crippen molar-refractivity contribution in [2.45, 2.75) is 13.1 Å². The van der Waals surface area contributed by atoms with E-state index in [1.54, 1.807) is 44.4 Å². The second-order valence-corrected chi connectivity index (χ2v) is 6.26. The van der Waals surface area contributed by atoms with E-state index in [-0.39, 0.29) is 29.9 Å². The van der Waals surface area contributed by atoms with Gasteiger partial charge in [-0.2, -0.15) is 0 Å². The predicted octanol–water partition coefficient (Wildman–Crippen LogP) is 2.25. The molecular formula is C19H24IN7O2. The molecule has 0 aliphatic rings. The van der Waals surface area contributed by atoms with Gasteiger partial charge in [0.1, 0.15) is 5.82 Å². The number of aromatic nitrogens is 3. The van der Waals surface area contributed by atoms with Gasteiger partial charge < -0.3 is 20.0 Å². The zero-order chi connectivity index (χ0) is 19.9. The second kappa shape index (κ2) is 10.6. The minimum Gasteiger partial charge on any atom is -0.461 e. The van der Waals surface area contributed by atoms with Crippen LogP contribution < -0.4 is 10.6 Å². The van der Waals surface area contributed by atoms with Crippen molar-refractivity contribution in [1.29, 1.82) is 0 Å². The van der Waals surface area contributed by atoms with Crippen molar-refractivity contribution in [1.82, 2.24) is 30.7 Å². The molecule has 0 aliphatic heterocycles. The monoisotopic (exact) mass is 509 g/mol. The SMILES string of the molecule is CN=C(NCc1ccc(C(=O)N(C)C)cc1)NCc1nc(-c2ccco2)n[nH]1.I. The number of hydrogen-bond acceptors (Lipinski definition) is 5. The van der Waals surface area contributed by atoms with E-state index in [4.69, 9.17) is 4.42 Å². The average molecular weight is 509 g/mol. The molecule has 2 aromatic heterocycles. The van der Waals surface area contributed by atoms with Gasteiger partial charge in [-0.3, -0.25) is 14.9 Å².